The predicted octanol–water partition coefficient (Wildman–Crippen LogP) is 4.92. The van der Waals surface area contributed by atoms with E-state index in [0.717, 1.165) is 18.8 Å². The van der Waals surface area contributed by atoms with E-state index in [1.54, 1.807) is 0 Å². The molecule has 0 saturated carbocycles. The number of unbranched alkanes of at least 4 members (excludes halogenated alkanes) is 1. The molecule has 2 nitrogen and oxygen atoms in total. The van der Waals surface area contributed by atoms with Gasteiger partial charge in [-0.25, -0.2) is 0 Å². The molecule has 24 heavy (non-hydrogen) atoms. The fourth-order valence-corrected chi connectivity index (χ4v) is 3.47. The molecule has 1 atom stereocenters. The van der Waals surface area contributed by atoms with Crippen LogP contribution in [0.2, 0.25) is 0 Å². The third-order valence-corrected chi connectivity index (χ3v) is 4.91. The lowest BCUT2D eigenvalue weighted by Crippen LogP contribution is -2.34. The number of benzene rings is 2. The lowest BCUT2D eigenvalue weighted by Gasteiger charge is -2.24. The van der Waals surface area contributed by atoms with Gasteiger partial charge in [0.1, 0.15) is 12.4 Å². The second-order valence-corrected chi connectivity index (χ2v) is 6.80. The van der Waals surface area contributed by atoms with E-state index in [2.05, 4.69) is 66.4 Å². The van der Waals surface area contributed by atoms with Crippen LogP contribution in [0.15, 0.2) is 54.6 Å². The summed E-state index contributed by atoms with van der Waals surface area (Å²) < 4.78 is 6.06. The minimum absolute atomic E-state index is 0.598. The van der Waals surface area contributed by atoms with Crippen molar-refractivity contribution in [1.29, 1.82) is 0 Å². The van der Waals surface area contributed by atoms with Crippen LogP contribution in [0, 0.1) is 0 Å². The standard InChI is InChI=1S/C22H29NO/c1-2-3-15-23-16-7-10-21(23)18-24-22-13-11-20(12-14-22)17-19-8-5-4-6-9-19/h4-6,8-9,11-14,21H,2-3,7,10,15-18H2,1H3. The maximum absolute atomic E-state index is 6.06. The zero-order valence-corrected chi connectivity index (χ0v) is 14.8. The SMILES string of the molecule is CCCCN1CCCC1COc1ccc(Cc2ccccc2)cc1. The fraction of sp³-hybridized carbons (Fsp3) is 0.455. The van der Waals surface area contributed by atoms with E-state index >= 15 is 0 Å². The van der Waals surface area contributed by atoms with Crippen LogP contribution in [-0.4, -0.2) is 30.6 Å². The summed E-state index contributed by atoms with van der Waals surface area (Å²) in [6.07, 6.45) is 6.13. The molecule has 0 amide bonds. The molecule has 0 aliphatic carbocycles. The van der Waals surface area contributed by atoms with Crippen LogP contribution in [0.25, 0.3) is 0 Å². The molecule has 0 aromatic heterocycles. The first-order valence-corrected chi connectivity index (χ1v) is 9.35. The lowest BCUT2D eigenvalue weighted by atomic mass is 10.1. The average molecular weight is 323 g/mol. The zero-order chi connectivity index (χ0) is 16.6. The van der Waals surface area contributed by atoms with Gasteiger partial charge in [0.2, 0.25) is 0 Å². The van der Waals surface area contributed by atoms with Crippen molar-refractivity contribution in [3.05, 3.63) is 65.7 Å². The van der Waals surface area contributed by atoms with Crippen molar-refractivity contribution in [2.75, 3.05) is 19.7 Å². The minimum atomic E-state index is 0.598. The Morgan fingerprint density at radius 3 is 2.50 bits per heavy atom. The van der Waals surface area contributed by atoms with Crippen LogP contribution >= 0.6 is 0 Å². The largest absolute Gasteiger partial charge is 0.492 e. The topological polar surface area (TPSA) is 12.5 Å². The van der Waals surface area contributed by atoms with Crippen LogP contribution in [0.1, 0.15) is 43.7 Å². The summed E-state index contributed by atoms with van der Waals surface area (Å²) in [5, 5.41) is 0. The van der Waals surface area contributed by atoms with Crippen molar-refractivity contribution in [1.82, 2.24) is 4.90 Å². The van der Waals surface area contributed by atoms with Gasteiger partial charge in [-0.05, 0) is 62.0 Å². The Hall–Kier alpha value is -1.80. The molecule has 1 aliphatic heterocycles. The molecule has 0 bridgehead atoms. The highest BCUT2D eigenvalue weighted by atomic mass is 16.5. The highest BCUT2D eigenvalue weighted by molar-refractivity contribution is 5.31. The van der Waals surface area contributed by atoms with Crippen molar-refractivity contribution < 1.29 is 4.74 Å². The first-order valence-electron chi connectivity index (χ1n) is 9.35. The highest BCUT2D eigenvalue weighted by Gasteiger charge is 2.24. The molecule has 1 heterocycles. The number of nitrogens with zero attached hydrogens (tertiary/aromatic N) is 1. The molecule has 1 unspecified atom stereocenters. The average Bonchev–Trinajstić information content (AvgIpc) is 3.07. The summed E-state index contributed by atoms with van der Waals surface area (Å²) in [5.74, 6) is 0.995. The van der Waals surface area contributed by atoms with E-state index in [1.165, 1.54) is 49.9 Å². The summed E-state index contributed by atoms with van der Waals surface area (Å²) in [5.41, 5.74) is 2.68. The quantitative estimate of drug-likeness (QED) is 0.683. The van der Waals surface area contributed by atoms with Crippen molar-refractivity contribution in [3.63, 3.8) is 0 Å². The molecular formula is C22H29NO. The van der Waals surface area contributed by atoms with Crippen LogP contribution in [0.4, 0.5) is 0 Å². The normalized spacial score (nSPS) is 18.0. The van der Waals surface area contributed by atoms with Gasteiger partial charge in [0.15, 0.2) is 0 Å². The third-order valence-electron chi connectivity index (χ3n) is 4.91. The van der Waals surface area contributed by atoms with Crippen molar-refractivity contribution in [3.8, 4) is 5.75 Å². The van der Waals surface area contributed by atoms with Gasteiger partial charge in [-0.2, -0.15) is 0 Å². The maximum atomic E-state index is 6.06. The fourth-order valence-electron chi connectivity index (χ4n) is 3.47. The summed E-state index contributed by atoms with van der Waals surface area (Å²) >= 11 is 0. The molecule has 0 radical (unpaired) electrons. The lowest BCUT2D eigenvalue weighted by molar-refractivity contribution is 0.171. The molecule has 3 rings (SSSR count). The van der Waals surface area contributed by atoms with Crippen molar-refractivity contribution >= 4 is 0 Å². The highest BCUT2D eigenvalue weighted by Crippen LogP contribution is 2.20. The molecule has 1 aliphatic rings. The third kappa shape index (κ3) is 4.85. The molecule has 0 N–H and O–H groups in total. The molecule has 1 fully saturated rings. The van der Waals surface area contributed by atoms with Gasteiger partial charge in [-0.3, -0.25) is 4.90 Å². The monoisotopic (exact) mass is 323 g/mol. The van der Waals surface area contributed by atoms with Crippen molar-refractivity contribution in [2.45, 2.75) is 45.1 Å². The summed E-state index contributed by atoms with van der Waals surface area (Å²) in [6.45, 7) is 5.55. The second kappa shape index (κ2) is 8.89. The smallest absolute Gasteiger partial charge is 0.119 e. The Morgan fingerprint density at radius 2 is 1.75 bits per heavy atom. The molecule has 0 spiro atoms. The van der Waals surface area contributed by atoms with Crippen LogP contribution in [0.5, 0.6) is 5.75 Å². The van der Waals surface area contributed by atoms with Crippen LogP contribution < -0.4 is 4.74 Å². The second-order valence-electron chi connectivity index (χ2n) is 6.80. The van der Waals surface area contributed by atoms with Crippen molar-refractivity contribution in [2.24, 2.45) is 0 Å². The number of ether oxygens (including phenoxy) is 1. The molecule has 2 aromatic carbocycles. The zero-order valence-electron chi connectivity index (χ0n) is 14.8. The number of hydrogen-bond acceptors (Lipinski definition) is 2. The first-order chi connectivity index (χ1) is 11.8. The molecule has 1 saturated heterocycles. The van der Waals surface area contributed by atoms with Gasteiger partial charge >= 0.3 is 0 Å². The van der Waals surface area contributed by atoms with Crippen LogP contribution in [0.3, 0.4) is 0 Å². The number of hydrogen-bond donors (Lipinski definition) is 0. The molecule has 2 aromatic rings. The van der Waals surface area contributed by atoms with E-state index in [-0.39, 0.29) is 0 Å². The number of likely N-dealkylation sites (tertiary alicyclic amines) is 1. The molecule has 2 heteroatoms. The Morgan fingerprint density at radius 1 is 1.00 bits per heavy atom. The Kier molecular flexibility index (Phi) is 6.31. The van der Waals surface area contributed by atoms with E-state index in [1.807, 2.05) is 0 Å². The summed E-state index contributed by atoms with van der Waals surface area (Å²) in [4.78, 5) is 2.60. The predicted molar refractivity (Wildman–Crippen MR) is 101 cm³/mol. The van der Waals surface area contributed by atoms with Gasteiger partial charge in [0.25, 0.3) is 0 Å². The number of rotatable bonds is 8. The first kappa shape index (κ1) is 17.0. The van der Waals surface area contributed by atoms with Gasteiger partial charge in [0.05, 0.1) is 0 Å². The van der Waals surface area contributed by atoms with Gasteiger partial charge in [0, 0.05) is 6.04 Å². The van der Waals surface area contributed by atoms with Gasteiger partial charge < -0.3 is 4.74 Å². The van der Waals surface area contributed by atoms with E-state index in [0.29, 0.717) is 6.04 Å². The molecular weight excluding hydrogens is 294 g/mol. The van der Waals surface area contributed by atoms with E-state index in [9.17, 15) is 0 Å². The minimum Gasteiger partial charge on any atom is -0.492 e. The van der Waals surface area contributed by atoms with Gasteiger partial charge in [-0.1, -0.05) is 55.8 Å². The Balaban J connectivity index is 1.49. The Labute approximate surface area is 146 Å². The van der Waals surface area contributed by atoms with Gasteiger partial charge in [-0.15, -0.1) is 0 Å². The van der Waals surface area contributed by atoms with E-state index in [4.69, 9.17) is 4.74 Å². The van der Waals surface area contributed by atoms with E-state index < -0.39 is 0 Å². The summed E-state index contributed by atoms with van der Waals surface area (Å²) in [7, 11) is 0. The molecule has 128 valence electrons. The maximum Gasteiger partial charge on any atom is 0.119 e. The van der Waals surface area contributed by atoms with Crippen LogP contribution in [-0.2, 0) is 6.42 Å². The summed E-state index contributed by atoms with van der Waals surface area (Å²) in [6, 6.07) is 19.8. The Bertz CT molecular complexity index is 593.